The Hall–Kier alpha value is -0.700. The molecule has 0 aromatic rings. The Morgan fingerprint density at radius 3 is 2.14 bits per heavy atom. The third kappa shape index (κ3) is 5.30. The van der Waals surface area contributed by atoms with Crippen LogP contribution in [0.25, 0.3) is 0 Å². The van der Waals surface area contributed by atoms with Crippen LogP contribution in [0.5, 0.6) is 0 Å². The molecule has 0 aromatic carbocycles. The summed E-state index contributed by atoms with van der Waals surface area (Å²) in [4.78, 5) is 0. The van der Waals surface area contributed by atoms with Crippen LogP contribution in [0, 0.1) is 0 Å². The maximum absolute atomic E-state index is 5.23. The van der Waals surface area contributed by atoms with Crippen LogP contribution in [0.2, 0.25) is 0 Å². The molecule has 4 N–H and O–H groups in total. The third-order valence-electron chi connectivity index (χ3n) is 0.407. The van der Waals surface area contributed by atoms with Crippen LogP contribution in [-0.2, 0) is 0 Å². The Morgan fingerprint density at radius 1 is 1.71 bits per heavy atom. The Kier molecular flexibility index (Phi) is 2.22. The van der Waals surface area contributed by atoms with Gasteiger partial charge in [-0.25, -0.2) is 5.84 Å². The lowest BCUT2D eigenvalue weighted by atomic mass is 10.6. The van der Waals surface area contributed by atoms with Gasteiger partial charge in [0.15, 0.2) is 0 Å². The molecule has 0 rings (SSSR count). The lowest BCUT2D eigenvalue weighted by Gasteiger charge is -2.03. The van der Waals surface area contributed by atoms with Gasteiger partial charge in [-0.15, -0.1) is 0 Å². The molecule has 3 heteroatoms. The Morgan fingerprint density at radius 2 is 2.14 bits per heavy atom. The number of hydrogen-bond acceptors (Lipinski definition) is 3. The van der Waals surface area contributed by atoms with E-state index in [0.717, 1.165) is 0 Å². The lowest BCUT2D eigenvalue weighted by Crippen LogP contribution is -2.20. The highest BCUT2D eigenvalue weighted by molar-refractivity contribution is 4.88. The monoisotopic (exact) mass is 101 g/mol. The van der Waals surface area contributed by atoms with Gasteiger partial charge in [0.1, 0.15) is 0 Å². The van der Waals surface area contributed by atoms with Crippen molar-refractivity contribution in [3.8, 4) is 0 Å². The van der Waals surface area contributed by atoms with E-state index in [-0.39, 0.29) is 0 Å². The minimum Gasteiger partial charge on any atom is -0.401 e. The molecular formula is C4H11N3. The highest BCUT2D eigenvalue weighted by atomic mass is 15.4. The predicted molar refractivity (Wildman–Crippen MR) is 29.9 cm³/mol. The highest BCUT2D eigenvalue weighted by Gasteiger charge is 1.76. The van der Waals surface area contributed by atoms with E-state index in [9.17, 15) is 0 Å². The third-order valence-corrected chi connectivity index (χ3v) is 0.407. The van der Waals surface area contributed by atoms with Gasteiger partial charge in [-0.3, -0.25) is 0 Å². The number of hydrogen-bond donors (Lipinski definition) is 2. The summed E-state index contributed by atoms with van der Waals surface area (Å²) >= 11 is 0. The summed E-state index contributed by atoms with van der Waals surface area (Å²) in [6.45, 7) is 1.78. The SMILES string of the molecule is C/C(N)=C\N(C)N. The quantitative estimate of drug-likeness (QED) is 0.349. The number of rotatable bonds is 1. The first-order valence-corrected chi connectivity index (χ1v) is 2.04. The van der Waals surface area contributed by atoms with E-state index in [1.54, 1.807) is 20.2 Å². The summed E-state index contributed by atoms with van der Waals surface area (Å²) in [5.74, 6) is 5.17. The topological polar surface area (TPSA) is 55.3 Å². The zero-order valence-corrected chi connectivity index (χ0v) is 4.68. The number of allylic oxidation sites excluding steroid dienone is 1. The molecule has 0 radical (unpaired) electrons. The van der Waals surface area contributed by atoms with Crippen molar-refractivity contribution in [2.75, 3.05) is 7.05 Å². The van der Waals surface area contributed by atoms with E-state index in [1.807, 2.05) is 0 Å². The summed E-state index contributed by atoms with van der Waals surface area (Å²) in [6, 6.07) is 0. The first kappa shape index (κ1) is 6.30. The standard InChI is InChI=1S/C4H11N3/c1-4(5)3-7(2)6/h3H,5-6H2,1-2H3/b4-3+. The summed E-state index contributed by atoms with van der Waals surface area (Å²) in [7, 11) is 1.72. The molecular weight excluding hydrogens is 90.1 g/mol. The molecule has 0 atom stereocenters. The van der Waals surface area contributed by atoms with Gasteiger partial charge in [0.25, 0.3) is 0 Å². The van der Waals surface area contributed by atoms with E-state index >= 15 is 0 Å². The summed E-state index contributed by atoms with van der Waals surface area (Å²) < 4.78 is 0. The molecule has 0 aromatic heterocycles. The Balaban J connectivity index is 3.45. The van der Waals surface area contributed by atoms with Crippen molar-refractivity contribution in [3.63, 3.8) is 0 Å². The van der Waals surface area contributed by atoms with Gasteiger partial charge in [0.2, 0.25) is 0 Å². The molecule has 0 heterocycles. The molecule has 0 bridgehead atoms. The van der Waals surface area contributed by atoms with Crippen LogP contribution >= 0.6 is 0 Å². The van der Waals surface area contributed by atoms with Crippen molar-refractivity contribution in [1.82, 2.24) is 5.01 Å². The maximum atomic E-state index is 5.23. The van der Waals surface area contributed by atoms with E-state index in [1.165, 1.54) is 5.01 Å². The summed E-state index contributed by atoms with van der Waals surface area (Å²) in [5.41, 5.74) is 5.95. The number of nitrogens with two attached hydrogens (primary N) is 2. The van der Waals surface area contributed by atoms with Gasteiger partial charge in [0.05, 0.1) is 0 Å². The fourth-order valence-corrected chi connectivity index (χ4v) is 0.321. The van der Waals surface area contributed by atoms with Crippen molar-refractivity contribution in [3.05, 3.63) is 11.9 Å². The number of hydrazine groups is 1. The fourth-order valence-electron chi connectivity index (χ4n) is 0.321. The molecule has 0 unspecified atom stereocenters. The van der Waals surface area contributed by atoms with Gasteiger partial charge in [-0.05, 0) is 6.92 Å². The second-order valence-corrected chi connectivity index (χ2v) is 1.54. The van der Waals surface area contributed by atoms with Gasteiger partial charge in [-0.2, -0.15) is 0 Å². The van der Waals surface area contributed by atoms with Crippen LogP contribution in [0.15, 0.2) is 11.9 Å². The van der Waals surface area contributed by atoms with Crippen molar-refractivity contribution < 1.29 is 0 Å². The van der Waals surface area contributed by atoms with Gasteiger partial charge >= 0.3 is 0 Å². The second-order valence-electron chi connectivity index (χ2n) is 1.54. The number of nitrogens with zero attached hydrogens (tertiary/aromatic N) is 1. The van der Waals surface area contributed by atoms with Crippen LogP contribution in [0.3, 0.4) is 0 Å². The van der Waals surface area contributed by atoms with E-state index in [0.29, 0.717) is 5.70 Å². The molecule has 0 amide bonds. The molecule has 0 spiro atoms. The van der Waals surface area contributed by atoms with Gasteiger partial charge < -0.3 is 10.7 Å². The van der Waals surface area contributed by atoms with Crippen LogP contribution in [0.4, 0.5) is 0 Å². The first-order chi connectivity index (χ1) is 3.13. The first-order valence-electron chi connectivity index (χ1n) is 2.04. The van der Waals surface area contributed by atoms with Crippen molar-refractivity contribution in [2.45, 2.75) is 6.92 Å². The van der Waals surface area contributed by atoms with Crippen molar-refractivity contribution in [1.29, 1.82) is 0 Å². The molecule has 0 aliphatic rings. The molecule has 42 valence electrons. The Bertz CT molecular complexity index is 71.0. The Labute approximate surface area is 43.6 Å². The van der Waals surface area contributed by atoms with E-state index in [2.05, 4.69) is 0 Å². The van der Waals surface area contributed by atoms with E-state index in [4.69, 9.17) is 11.6 Å². The molecule has 0 aliphatic heterocycles. The van der Waals surface area contributed by atoms with Crippen LogP contribution < -0.4 is 11.6 Å². The minimum atomic E-state index is 0.713. The fraction of sp³-hybridized carbons (Fsp3) is 0.500. The van der Waals surface area contributed by atoms with Crippen LogP contribution in [-0.4, -0.2) is 12.1 Å². The predicted octanol–water partition coefficient (Wildman–Crippen LogP) is -0.388. The average molecular weight is 101 g/mol. The van der Waals surface area contributed by atoms with Gasteiger partial charge in [0, 0.05) is 18.9 Å². The highest BCUT2D eigenvalue weighted by Crippen LogP contribution is 1.77. The summed E-state index contributed by atoms with van der Waals surface area (Å²) in [5, 5.41) is 1.41. The largest absolute Gasteiger partial charge is 0.401 e. The molecule has 0 fully saturated rings. The summed E-state index contributed by atoms with van der Waals surface area (Å²) in [6.07, 6.45) is 1.64. The molecule has 7 heavy (non-hydrogen) atoms. The van der Waals surface area contributed by atoms with Gasteiger partial charge in [-0.1, -0.05) is 0 Å². The van der Waals surface area contributed by atoms with Crippen molar-refractivity contribution in [2.24, 2.45) is 11.6 Å². The van der Waals surface area contributed by atoms with Crippen molar-refractivity contribution >= 4 is 0 Å². The average Bonchev–Trinajstić information content (AvgIpc) is 1.27. The normalized spacial score (nSPS) is 11.6. The zero-order chi connectivity index (χ0) is 5.86. The minimum absolute atomic E-state index is 0.713. The molecule has 0 saturated heterocycles. The maximum Gasteiger partial charge on any atom is 0.0336 e. The molecule has 0 saturated carbocycles. The lowest BCUT2D eigenvalue weighted by molar-refractivity contribution is 0.480. The smallest absolute Gasteiger partial charge is 0.0336 e. The molecule has 3 nitrogen and oxygen atoms in total. The van der Waals surface area contributed by atoms with E-state index < -0.39 is 0 Å². The second kappa shape index (κ2) is 2.47. The van der Waals surface area contributed by atoms with Crippen LogP contribution in [0.1, 0.15) is 6.92 Å². The molecule has 0 aliphatic carbocycles. The zero-order valence-electron chi connectivity index (χ0n) is 4.68.